The summed E-state index contributed by atoms with van der Waals surface area (Å²) in [5.41, 5.74) is 2.15. The van der Waals surface area contributed by atoms with Gasteiger partial charge in [-0.3, -0.25) is 25.1 Å². The van der Waals surface area contributed by atoms with Crippen molar-refractivity contribution < 1.29 is 19.2 Å². The number of ether oxygens (including phenoxy) is 1. The summed E-state index contributed by atoms with van der Waals surface area (Å²) in [6, 6.07) is 12.5. The van der Waals surface area contributed by atoms with Crippen LogP contribution < -0.4 is 15.2 Å². The maximum absolute atomic E-state index is 12.7. The lowest BCUT2D eigenvalue weighted by Crippen LogP contribution is -2.35. The number of hydrogen-bond acceptors (Lipinski definition) is 6. The highest BCUT2D eigenvalue weighted by Crippen LogP contribution is 2.36. The lowest BCUT2D eigenvalue weighted by Gasteiger charge is -2.14. The van der Waals surface area contributed by atoms with Gasteiger partial charge in [-0.15, -0.1) is 0 Å². The van der Waals surface area contributed by atoms with Crippen molar-refractivity contribution >= 4 is 40.9 Å². The van der Waals surface area contributed by atoms with Gasteiger partial charge in [-0.1, -0.05) is 29.8 Å². The van der Waals surface area contributed by atoms with E-state index in [4.69, 9.17) is 21.6 Å². The third-order valence-electron chi connectivity index (χ3n) is 3.75. The van der Waals surface area contributed by atoms with Crippen LogP contribution in [0.1, 0.15) is 5.56 Å². The van der Waals surface area contributed by atoms with Crippen LogP contribution in [0.3, 0.4) is 0 Å². The molecule has 0 aliphatic carbocycles. The maximum Gasteiger partial charge on any atom is 0.313 e. The minimum absolute atomic E-state index is 0.00799. The van der Waals surface area contributed by atoms with Crippen LogP contribution in [0, 0.1) is 21.4 Å². The monoisotopic (exact) mass is 398 g/mol. The van der Waals surface area contributed by atoms with Gasteiger partial charge in [-0.05, 0) is 24.3 Å². The molecule has 1 fully saturated rings. The summed E-state index contributed by atoms with van der Waals surface area (Å²) < 4.78 is 5.16. The summed E-state index contributed by atoms with van der Waals surface area (Å²) in [5, 5.41) is 21.1. The van der Waals surface area contributed by atoms with Gasteiger partial charge in [0.2, 0.25) is 5.75 Å². The Kier molecular flexibility index (Phi) is 5.24. The Morgan fingerprint density at radius 2 is 2.00 bits per heavy atom. The number of hydrazine groups is 1. The van der Waals surface area contributed by atoms with Crippen LogP contribution in [-0.2, 0) is 9.59 Å². The predicted molar refractivity (Wildman–Crippen MR) is 99.3 cm³/mol. The molecule has 1 saturated heterocycles. The van der Waals surface area contributed by atoms with Crippen LogP contribution >= 0.6 is 11.6 Å². The highest BCUT2D eigenvalue weighted by atomic mass is 35.5. The topological polar surface area (TPSA) is 126 Å². The van der Waals surface area contributed by atoms with Gasteiger partial charge >= 0.3 is 5.69 Å². The molecule has 10 heteroatoms. The van der Waals surface area contributed by atoms with E-state index >= 15 is 0 Å². The Morgan fingerprint density at radius 3 is 2.64 bits per heavy atom. The third kappa shape index (κ3) is 3.62. The second kappa shape index (κ2) is 7.77. The van der Waals surface area contributed by atoms with Crippen LogP contribution in [-0.4, -0.2) is 23.3 Å². The minimum Gasteiger partial charge on any atom is -0.471 e. The number of halogens is 1. The first kappa shape index (κ1) is 18.9. The number of benzene rings is 2. The molecular weight excluding hydrogens is 388 g/mol. The molecule has 28 heavy (non-hydrogen) atoms. The number of nitrogens with zero attached hydrogens (tertiary/aromatic N) is 3. The number of nitriles is 1. The van der Waals surface area contributed by atoms with Crippen molar-refractivity contribution in [2.75, 3.05) is 11.6 Å². The van der Waals surface area contributed by atoms with Gasteiger partial charge in [0.15, 0.2) is 6.61 Å². The van der Waals surface area contributed by atoms with Crippen molar-refractivity contribution in [3.63, 3.8) is 0 Å². The van der Waals surface area contributed by atoms with E-state index in [1.54, 1.807) is 36.4 Å². The quantitative estimate of drug-likeness (QED) is 0.357. The smallest absolute Gasteiger partial charge is 0.313 e. The average Bonchev–Trinajstić information content (AvgIpc) is 2.95. The van der Waals surface area contributed by atoms with E-state index in [-0.39, 0.29) is 21.9 Å². The molecule has 0 aromatic heterocycles. The Labute approximate surface area is 163 Å². The number of carbonyl (C=O) groups excluding carboxylic acids is 2. The molecule has 1 aliphatic heterocycles. The van der Waals surface area contributed by atoms with Gasteiger partial charge in [0, 0.05) is 16.7 Å². The molecule has 9 nitrogen and oxygen atoms in total. The van der Waals surface area contributed by atoms with Crippen molar-refractivity contribution in [2.24, 2.45) is 0 Å². The molecule has 0 bridgehead atoms. The van der Waals surface area contributed by atoms with E-state index in [1.807, 2.05) is 0 Å². The standard InChI is InChI=1S/C18H11ClN4O5/c19-12-8-11(16(28-7-6-20)15(10-12)23(26)27)9-14-17(24)21-22(18(14)25)13-4-2-1-3-5-13/h1-5,8-10H,7H2,(H,21,24). The number of para-hydroxylation sites is 1. The number of nitro benzene ring substituents is 1. The highest BCUT2D eigenvalue weighted by Gasteiger charge is 2.35. The first-order chi connectivity index (χ1) is 13.4. The van der Waals surface area contributed by atoms with E-state index in [1.165, 1.54) is 6.07 Å². The average molecular weight is 399 g/mol. The van der Waals surface area contributed by atoms with Crippen molar-refractivity contribution in [1.29, 1.82) is 5.26 Å². The molecule has 0 saturated carbocycles. The van der Waals surface area contributed by atoms with Gasteiger partial charge in [-0.2, -0.15) is 5.26 Å². The molecule has 1 N–H and O–H groups in total. The number of hydrogen-bond donors (Lipinski definition) is 1. The zero-order valence-electron chi connectivity index (χ0n) is 14.1. The van der Waals surface area contributed by atoms with E-state index < -0.39 is 29.0 Å². The van der Waals surface area contributed by atoms with Crippen molar-refractivity contribution in [3.05, 3.63) is 68.7 Å². The van der Waals surface area contributed by atoms with Crippen LogP contribution in [0.4, 0.5) is 11.4 Å². The summed E-state index contributed by atoms with van der Waals surface area (Å²) in [4.78, 5) is 35.5. The van der Waals surface area contributed by atoms with Gasteiger partial charge in [0.1, 0.15) is 11.6 Å². The Morgan fingerprint density at radius 1 is 1.29 bits per heavy atom. The largest absolute Gasteiger partial charge is 0.471 e. The summed E-state index contributed by atoms with van der Waals surface area (Å²) >= 11 is 5.93. The van der Waals surface area contributed by atoms with Crippen LogP contribution in [0.25, 0.3) is 6.08 Å². The van der Waals surface area contributed by atoms with Crippen molar-refractivity contribution in [1.82, 2.24) is 5.43 Å². The Hall–Kier alpha value is -3.90. The lowest BCUT2D eigenvalue weighted by molar-refractivity contribution is -0.385. The van der Waals surface area contributed by atoms with Crippen molar-refractivity contribution in [2.45, 2.75) is 0 Å². The minimum atomic E-state index is -0.729. The number of nitrogens with one attached hydrogen (secondary N) is 1. The van der Waals surface area contributed by atoms with Gasteiger partial charge < -0.3 is 4.74 Å². The molecule has 1 heterocycles. The molecule has 2 aromatic rings. The molecule has 2 amide bonds. The number of rotatable bonds is 5. The van der Waals surface area contributed by atoms with Crippen LogP contribution in [0.5, 0.6) is 5.75 Å². The summed E-state index contributed by atoms with van der Waals surface area (Å²) in [6.07, 6.45) is 1.15. The molecule has 1 aliphatic rings. The normalized spacial score (nSPS) is 14.7. The number of nitro groups is 1. The van der Waals surface area contributed by atoms with Gasteiger partial charge in [0.05, 0.1) is 10.6 Å². The second-order valence-electron chi connectivity index (χ2n) is 5.52. The molecular formula is C18H11ClN4O5. The number of carbonyl (C=O) groups is 2. The predicted octanol–water partition coefficient (Wildman–Crippen LogP) is 2.61. The molecule has 140 valence electrons. The number of amides is 2. The van der Waals surface area contributed by atoms with E-state index in [0.717, 1.165) is 17.2 Å². The second-order valence-corrected chi connectivity index (χ2v) is 5.96. The molecule has 0 unspecified atom stereocenters. The van der Waals surface area contributed by atoms with Crippen molar-refractivity contribution in [3.8, 4) is 11.8 Å². The van der Waals surface area contributed by atoms with E-state index in [2.05, 4.69) is 5.43 Å². The zero-order chi connectivity index (χ0) is 20.3. The molecule has 2 aromatic carbocycles. The first-order valence-corrected chi connectivity index (χ1v) is 8.20. The molecule has 0 radical (unpaired) electrons. The van der Waals surface area contributed by atoms with E-state index in [9.17, 15) is 19.7 Å². The highest BCUT2D eigenvalue weighted by molar-refractivity contribution is 6.32. The van der Waals surface area contributed by atoms with Gasteiger partial charge in [0.25, 0.3) is 11.8 Å². The fraction of sp³-hybridized carbons (Fsp3) is 0.0556. The molecule has 0 spiro atoms. The van der Waals surface area contributed by atoms with E-state index in [0.29, 0.717) is 5.69 Å². The molecule has 3 rings (SSSR count). The van der Waals surface area contributed by atoms with Gasteiger partial charge in [-0.25, -0.2) is 5.01 Å². The number of anilines is 1. The Bertz CT molecular complexity index is 1050. The van der Waals surface area contributed by atoms with Crippen LogP contribution in [0.2, 0.25) is 5.02 Å². The summed E-state index contributed by atoms with van der Waals surface area (Å²) in [5.74, 6) is -1.60. The maximum atomic E-state index is 12.7. The lowest BCUT2D eigenvalue weighted by atomic mass is 10.1. The zero-order valence-corrected chi connectivity index (χ0v) is 14.8. The van der Waals surface area contributed by atoms with Crippen LogP contribution in [0.15, 0.2) is 48.0 Å². The first-order valence-electron chi connectivity index (χ1n) is 7.82. The fourth-order valence-electron chi connectivity index (χ4n) is 2.58. The fourth-order valence-corrected chi connectivity index (χ4v) is 2.80. The summed E-state index contributed by atoms with van der Waals surface area (Å²) in [7, 11) is 0. The third-order valence-corrected chi connectivity index (χ3v) is 3.96. The Balaban J connectivity index is 2.07. The SMILES string of the molecule is N#CCOc1c(C=C2C(=O)NN(c3ccccc3)C2=O)cc(Cl)cc1[N+](=O)[O-]. The molecule has 0 atom stereocenters. The summed E-state index contributed by atoms with van der Waals surface area (Å²) in [6.45, 7) is -0.463.